The predicted molar refractivity (Wildman–Crippen MR) is 43.2 cm³/mol. The molecule has 1 heterocycles. The summed E-state index contributed by atoms with van der Waals surface area (Å²) in [6.07, 6.45) is -3.33. The van der Waals surface area contributed by atoms with Crippen LogP contribution in [-0.4, -0.2) is 4.98 Å². The van der Waals surface area contributed by atoms with Crippen molar-refractivity contribution < 1.29 is 13.2 Å². The summed E-state index contributed by atoms with van der Waals surface area (Å²) in [5.74, 6) is -1.04. The van der Waals surface area contributed by atoms with E-state index in [0.717, 1.165) is 6.07 Å². The summed E-state index contributed by atoms with van der Waals surface area (Å²) in [7, 11) is 0. The van der Waals surface area contributed by atoms with Crippen LogP contribution in [0.3, 0.4) is 0 Å². The molecule has 0 aliphatic carbocycles. The van der Waals surface area contributed by atoms with E-state index in [1.54, 1.807) is 6.07 Å². The van der Waals surface area contributed by atoms with Crippen molar-refractivity contribution in [2.75, 3.05) is 0 Å². The predicted octanol–water partition coefficient (Wildman–Crippen LogP) is 2.10. The van der Waals surface area contributed by atoms with Crippen molar-refractivity contribution >= 4 is 0 Å². The number of rotatable bonds is 2. The number of hydrogen-bond donors (Lipinski definition) is 0. The van der Waals surface area contributed by atoms with Gasteiger partial charge in [0.05, 0.1) is 18.1 Å². The maximum atomic E-state index is 12.8. The Morgan fingerprint density at radius 2 is 2.07 bits per heavy atom. The maximum Gasteiger partial charge on any atom is 0.266 e. The minimum atomic E-state index is -2.95. The summed E-state index contributed by atoms with van der Waals surface area (Å²) in [4.78, 5) is 3.04. The Bertz CT molecular complexity index is 457. The van der Waals surface area contributed by atoms with Crippen LogP contribution in [0.5, 0.6) is 0 Å². The molecule has 0 aliphatic rings. The Balaban J connectivity index is 3.43. The normalized spacial score (nSPS) is 9.73. The Morgan fingerprint density at radius 3 is 2.53 bits per heavy atom. The third kappa shape index (κ3) is 2.23. The molecule has 0 bridgehead atoms. The van der Waals surface area contributed by atoms with Gasteiger partial charge < -0.3 is 0 Å². The SMILES string of the molecule is N#CCc1cc(F)nc(C#N)c1C(F)F. The first kappa shape index (κ1) is 11.0. The van der Waals surface area contributed by atoms with Crippen molar-refractivity contribution in [3.8, 4) is 12.1 Å². The van der Waals surface area contributed by atoms with Gasteiger partial charge in [-0.15, -0.1) is 0 Å². The third-order valence-corrected chi connectivity index (χ3v) is 1.71. The van der Waals surface area contributed by atoms with Gasteiger partial charge in [-0.3, -0.25) is 0 Å². The number of alkyl halides is 2. The van der Waals surface area contributed by atoms with Crippen LogP contribution in [0.25, 0.3) is 0 Å². The van der Waals surface area contributed by atoms with Crippen LogP contribution in [0.1, 0.15) is 23.2 Å². The van der Waals surface area contributed by atoms with Gasteiger partial charge in [0.25, 0.3) is 6.43 Å². The Morgan fingerprint density at radius 1 is 1.40 bits per heavy atom. The molecular formula is C9H4F3N3. The van der Waals surface area contributed by atoms with Crippen LogP contribution in [0, 0.1) is 28.6 Å². The maximum absolute atomic E-state index is 12.8. The quantitative estimate of drug-likeness (QED) is 0.703. The molecule has 15 heavy (non-hydrogen) atoms. The van der Waals surface area contributed by atoms with Crippen LogP contribution in [0.4, 0.5) is 13.2 Å². The molecule has 6 heteroatoms. The number of aromatic nitrogens is 1. The van der Waals surface area contributed by atoms with Crippen molar-refractivity contribution in [3.63, 3.8) is 0 Å². The van der Waals surface area contributed by atoms with Gasteiger partial charge in [-0.2, -0.15) is 14.9 Å². The van der Waals surface area contributed by atoms with E-state index in [4.69, 9.17) is 10.5 Å². The van der Waals surface area contributed by atoms with Gasteiger partial charge in [-0.1, -0.05) is 0 Å². The smallest absolute Gasteiger partial charge is 0.208 e. The second-order valence-electron chi connectivity index (χ2n) is 2.61. The summed E-state index contributed by atoms with van der Waals surface area (Å²) in [6, 6.07) is 3.74. The summed E-state index contributed by atoms with van der Waals surface area (Å²) in [5.41, 5.74) is -1.53. The van der Waals surface area contributed by atoms with Crippen molar-refractivity contribution in [2.24, 2.45) is 0 Å². The van der Waals surface area contributed by atoms with Crippen molar-refractivity contribution in [1.82, 2.24) is 4.98 Å². The Labute approximate surface area is 83.4 Å². The van der Waals surface area contributed by atoms with Crippen molar-refractivity contribution in [3.05, 3.63) is 28.8 Å². The highest BCUT2D eigenvalue weighted by Gasteiger charge is 2.20. The average Bonchev–Trinajstić information content (AvgIpc) is 2.16. The lowest BCUT2D eigenvalue weighted by Crippen LogP contribution is -2.03. The zero-order valence-electron chi connectivity index (χ0n) is 7.34. The molecule has 1 rings (SSSR count). The first-order valence-corrected chi connectivity index (χ1v) is 3.84. The molecular weight excluding hydrogens is 207 g/mol. The fourth-order valence-corrected chi connectivity index (χ4v) is 1.13. The summed E-state index contributed by atoms with van der Waals surface area (Å²) in [6.45, 7) is 0. The molecule has 1 aromatic heterocycles. The van der Waals surface area contributed by atoms with Crippen LogP contribution in [0.15, 0.2) is 6.07 Å². The van der Waals surface area contributed by atoms with Gasteiger partial charge >= 0.3 is 0 Å². The standard InChI is InChI=1S/C9H4F3N3/c10-7-3-5(1-2-13)8(9(11)12)6(4-14)15-7/h3,9H,1H2. The minimum Gasteiger partial charge on any atom is -0.208 e. The molecule has 0 saturated carbocycles. The average molecular weight is 211 g/mol. The van der Waals surface area contributed by atoms with Gasteiger partial charge in [-0.05, 0) is 11.6 Å². The molecule has 1 aromatic rings. The zero-order valence-corrected chi connectivity index (χ0v) is 7.34. The van der Waals surface area contributed by atoms with Gasteiger partial charge in [0, 0.05) is 0 Å². The van der Waals surface area contributed by atoms with Gasteiger partial charge in [-0.25, -0.2) is 13.8 Å². The second-order valence-corrected chi connectivity index (χ2v) is 2.61. The first-order chi connectivity index (χ1) is 7.10. The van der Waals surface area contributed by atoms with E-state index in [1.165, 1.54) is 6.07 Å². The van der Waals surface area contributed by atoms with Gasteiger partial charge in [0.15, 0.2) is 5.69 Å². The van der Waals surface area contributed by atoms with Gasteiger partial charge in [0.1, 0.15) is 6.07 Å². The Kier molecular flexibility index (Phi) is 3.25. The molecule has 0 saturated heterocycles. The van der Waals surface area contributed by atoms with E-state index in [0.29, 0.717) is 0 Å². The molecule has 0 radical (unpaired) electrons. The molecule has 0 N–H and O–H groups in total. The largest absolute Gasteiger partial charge is 0.266 e. The fourth-order valence-electron chi connectivity index (χ4n) is 1.13. The summed E-state index contributed by atoms with van der Waals surface area (Å²) >= 11 is 0. The summed E-state index contributed by atoms with van der Waals surface area (Å²) in [5, 5.41) is 16.8. The topological polar surface area (TPSA) is 60.5 Å². The molecule has 3 nitrogen and oxygen atoms in total. The highest BCUT2D eigenvalue weighted by Crippen LogP contribution is 2.26. The number of halogens is 3. The first-order valence-electron chi connectivity index (χ1n) is 3.84. The molecule has 0 atom stereocenters. The molecule has 0 aromatic carbocycles. The molecule has 0 unspecified atom stereocenters. The molecule has 0 spiro atoms. The van der Waals surface area contributed by atoms with E-state index in [2.05, 4.69) is 4.98 Å². The molecule has 0 amide bonds. The number of nitrogens with zero attached hydrogens (tertiary/aromatic N) is 3. The van der Waals surface area contributed by atoms with Crippen LogP contribution in [0.2, 0.25) is 0 Å². The third-order valence-electron chi connectivity index (χ3n) is 1.71. The molecule has 0 aliphatic heterocycles. The monoisotopic (exact) mass is 211 g/mol. The minimum absolute atomic E-state index is 0.198. The highest BCUT2D eigenvalue weighted by molar-refractivity contribution is 5.39. The van der Waals surface area contributed by atoms with E-state index >= 15 is 0 Å². The van der Waals surface area contributed by atoms with Crippen LogP contribution in [-0.2, 0) is 6.42 Å². The lowest BCUT2D eigenvalue weighted by Gasteiger charge is -2.06. The molecule has 76 valence electrons. The van der Waals surface area contributed by atoms with E-state index < -0.39 is 23.6 Å². The van der Waals surface area contributed by atoms with Crippen LogP contribution >= 0.6 is 0 Å². The van der Waals surface area contributed by atoms with Crippen LogP contribution < -0.4 is 0 Å². The van der Waals surface area contributed by atoms with Crippen molar-refractivity contribution in [1.29, 1.82) is 10.5 Å². The molecule has 0 fully saturated rings. The fraction of sp³-hybridized carbons (Fsp3) is 0.222. The van der Waals surface area contributed by atoms with Crippen molar-refractivity contribution in [2.45, 2.75) is 12.8 Å². The Hall–Kier alpha value is -2.08. The number of nitriles is 2. The lowest BCUT2D eigenvalue weighted by molar-refractivity contribution is 0.149. The second kappa shape index (κ2) is 4.43. The summed E-state index contributed by atoms with van der Waals surface area (Å²) < 4.78 is 37.8. The number of hydrogen-bond acceptors (Lipinski definition) is 3. The lowest BCUT2D eigenvalue weighted by atomic mass is 10.0. The van der Waals surface area contributed by atoms with E-state index in [1.807, 2.05) is 0 Å². The number of pyridine rings is 1. The van der Waals surface area contributed by atoms with Gasteiger partial charge in [0.2, 0.25) is 5.95 Å². The zero-order chi connectivity index (χ0) is 11.4. The van der Waals surface area contributed by atoms with E-state index in [-0.39, 0.29) is 12.0 Å². The highest BCUT2D eigenvalue weighted by atomic mass is 19.3. The van der Waals surface area contributed by atoms with E-state index in [9.17, 15) is 13.2 Å².